The minimum absolute atomic E-state index is 1.01. The topological polar surface area (TPSA) is 12.0 Å². The van der Waals surface area contributed by atoms with E-state index < -0.39 is 0 Å². The summed E-state index contributed by atoms with van der Waals surface area (Å²) < 4.78 is 0. The fraction of sp³-hybridized carbons (Fsp3) is 0.750. The Balaban J connectivity index is 3.30. The maximum Gasteiger partial charge on any atom is 0.0134 e. The summed E-state index contributed by atoms with van der Waals surface area (Å²) in [5.41, 5.74) is 1.49. The molecule has 0 saturated carbocycles. The van der Waals surface area contributed by atoms with Crippen molar-refractivity contribution in [3.8, 4) is 0 Å². The highest BCUT2D eigenvalue weighted by Crippen LogP contribution is 2.00. The van der Waals surface area contributed by atoms with Gasteiger partial charge < -0.3 is 5.32 Å². The standard InChI is InChI=1S/C8H17N/c1-4-5-8(2)6-7-9-3/h6,9H,4-5,7H2,1-3H3/b8-6+. The van der Waals surface area contributed by atoms with Crippen molar-refractivity contribution in [1.82, 2.24) is 5.32 Å². The van der Waals surface area contributed by atoms with Crippen LogP contribution in [0.15, 0.2) is 11.6 Å². The quantitative estimate of drug-likeness (QED) is 0.569. The first-order chi connectivity index (χ1) is 4.31. The molecule has 0 atom stereocenters. The van der Waals surface area contributed by atoms with Gasteiger partial charge in [-0.15, -0.1) is 0 Å². The fourth-order valence-corrected chi connectivity index (χ4v) is 0.773. The van der Waals surface area contributed by atoms with Gasteiger partial charge in [-0.05, 0) is 20.4 Å². The third-order valence-corrected chi connectivity index (χ3v) is 1.30. The molecule has 0 aliphatic carbocycles. The van der Waals surface area contributed by atoms with E-state index in [2.05, 4.69) is 25.2 Å². The van der Waals surface area contributed by atoms with Crippen molar-refractivity contribution in [3.63, 3.8) is 0 Å². The predicted molar refractivity (Wildman–Crippen MR) is 42.6 cm³/mol. The molecular weight excluding hydrogens is 110 g/mol. The smallest absolute Gasteiger partial charge is 0.0134 e. The molecule has 0 rings (SSSR count). The van der Waals surface area contributed by atoms with Crippen molar-refractivity contribution in [1.29, 1.82) is 0 Å². The van der Waals surface area contributed by atoms with Gasteiger partial charge in [0.2, 0.25) is 0 Å². The lowest BCUT2D eigenvalue weighted by Crippen LogP contribution is -2.04. The summed E-state index contributed by atoms with van der Waals surface area (Å²) in [6.45, 7) is 5.39. The molecule has 0 aromatic rings. The molecule has 0 heterocycles. The molecule has 9 heavy (non-hydrogen) atoms. The molecule has 0 fully saturated rings. The SMILES string of the molecule is CCC/C(C)=C/CNC. The third kappa shape index (κ3) is 5.57. The van der Waals surface area contributed by atoms with Gasteiger partial charge in [0, 0.05) is 6.54 Å². The predicted octanol–water partition coefficient (Wildman–Crippen LogP) is 1.95. The van der Waals surface area contributed by atoms with Gasteiger partial charge in [-0.2, -0.15) is 0 Å². The van der Waals surface area contributed by atoms with Crippen molar-refractivity contribution >= 4 is 0 Å². The monoisotopic (exact) mass is 127 g/mol. The zero-order valence-electron chi connectivity index (χ0n) is 6.70. The Labute approximate surface area is 58.2 Å². The van der Waals surface area contributed by atoms with Crippen molar-refractivity contribution in [3.05, 3.63) is 11.6 Å². The van der Waals surface area contributed by atoms with Gasteiger partial charge in [0.05, 0.1) is 0 Å². The molecule has 0 radical (unpaired) electrons. The van der Waals surface area contributed by atoms with E-state index in [0.717, 1.165) is 6.54 Å². The van der Waals surface area contributed by atoms with Gasteiger partial charge in [0.25, 0.3) is 0 Å². The van der Waals surface area contributed by atoms with Gasteiger partial charge in [0.1, 0.15) is 0 Å². The van der Waals surface area contributed by atoms with Crippen LogP contribution in [0.5, 0.6) is 0 Å². The molecule has 0 spiro atoms. The van der Waals surface area contributed by atoms with Crippen LogP contribution in [0.4, 0.5) is 0 Å². The lowest BCUT2D eigenvalue weighted by molar-refractivity contribution is 0.868. The van der Waals surface area contributed by atoms with Crippen molar-refractivity contribution in [2.24, 2.45) is 0 Å². The summed E-state index contributed by atoms with van der Waals surface area (Å²) >= 11 is 0. The maximum atomic E-state index is 3.08. The highest BCUT2D eigenvalue weighted by Gasteiger charge is 1.83. The van der Waals surface area contributed by atoms with Crippen LogP contribution in [-0.2, 0) is 0 Å². The summed E-state index contributed by atoms with van der Waals surface area (Å²) in [5.74, 6) is 0. The average molecular weight is 127 g/mol. The van der Waals surface area contributed by atoms with Gasteiger partial charge in [-0.25, -0.2) is 0 Å². The van der Waals surface area contributed by atoms with E-state index in [-0.39, 0.29) is 0 Å². The van der Waals surface area contributed by atoms with Crippen LogP contribution in [0.1, 0.15) is 26.7 Å². The third-order valence-electron chi connectivity index (χ3n) is 1.30. The molecule has 1 N–H and O–H groups in total. The summed E-state index contributed by atoms with van der Waals surface area (Å²) in [5, 5.41) is 3.08. The second kappa shape index (κ2) is 5.83. The van der Waals surface area contributed by atoms with Crippen LogP contribution in [0.25, 0.3) is 0 Å². The molecule has 0 unspecified atom stereocenters. The second-order valence-electron chi connectivity index (χ2n) is 2.36. The largest absolute Gasteiger partial charge is 0.316 e. The summed E-state index contributed by atoms with van der Waals surface area (Å²) in [6.07, 6.45) is 4.73. The molecule has 0 bridgehead atoms. The number of rotatable bonds is 4. The molecule has 0 aliphatic heterocycles. The number of hydrogen-bond acceptors (Lipinski definition) is 1. The van der Waals surface area contributed by atoms with Gasteiger partial charge in [0.15, 0.2) is 0 Å². The summed E-state index contributed by atoms with van der Waals surface area (Å²) in [7, 11) is 1.97. The van der Waals surface area contributed by atoms with Crippen molar-refractivity contribution in [2.45, 2.75) is 26.7 Å². The van der Waals surface area contributed by atoms with Crippen LogP contribution in [0.2, 0.25) is 0 Å². The highest BCUT2D eigenvalue weighted by atomic mass is 14.8. The van der Waals surface area contributed by atoms with E-state index >= 15 is 0 Å². The van der Waals surface area contributed by atoms with Crippen molar-refractivity contribution < 1.29 is 0 Å². The summed E-state index contributed by atoms with van der Waals surface area (Å²) in [6, 6.07) is 0. The van der Waals surface area contributed by atoms with Crippen LogP contribution >= 0.6 is 0 Å². The molecule has 1 heteroatoms. The molecule has 0 aromatic heterocycles. The normalized spacial score (nSPS) is 12.1. The second-order valence-corrected chi connectivity index (χ2v) is 2.36. The van der Waals surface area contributed by atoms with E-state index in [1.54, 1.807) is 0 Å². The lowest BCUT2D eigenvalue weighted by atomic mass is 10.2. The number of hydrogen-bond donors (Lipinski definition) is 1. The molecule has 1 nitrogen and oxygen atoms in total. The Morgan fingerprint density at radius 2 is 2.22 bits per heavy atom. The molecule has 0 aliphatic rings. The molecule has 54 valence electrons. The molecule has 0 aromatic carbocycles. The van der Waals surface area contributed by atoms with E-state index in [1.807, 2.05) is 7.05 Å². The van der Waals surface area contributed by atoms with Gasteiger partial charge in [-0.3, -0.25) is 0 Å². The highest BCUT2D eigenvalue weighted by molar-refractivity contribution is 4.98. The first kappa shape index (κ1) is 8.70. The first-order valence-electron chi connectivity index (χ1n) is 3.61. The molecular formula is C8H17N. The van der Waals surface area contributed by atoms with Crippen LogP contribution in [0, 0.1) is 0 Å². The van der Waals surface area contributed by atoms with E-state index in [1.165, 1.54) is 18.4 Å². The fourth-order valence-electron chi connectivity index (χ4n) is 0.773. The first-order valence-corrected chi connectivity index (χ1v) is 3.61. The van der Waals surface area contributed by atoms with Crippen LogP contribution in [-0.4, -0.2) is 13.6 Å². The van der Waals surface area contributed by atoms with Crippen molar-refractivity contribution in [2.75, 3.05) is 13.6 Å². The Kier molecular flexibility index (Phi) is 5.64. The summed E-state index contributed by atoms with van der Waals surface area (Å²) in [4.78, 5) is 0. The Morgan fingerprint density at radius 3 is 2.67 bits per heavy atom. The van der Waals surface area contributed by atoms with Crippen LogP contribution < -0.4 is 5.32 Å². The lowest BCUT2D eigenvalue weighted by Gasteiger charge is -1.96. The minimum atomic E-state index is 1.01. The minimum Gasteiger partial charge on any atom is -0.316 e. The van der Waals surface area contributed by atoms with Gasteiger partial charge >= 0.3 is 0 Å². The van der Waals surface area contributed by atoms with Gasteiger partial charge in [-0.1, -0.05) is 25.0 Å². The van der Waals surface area contributed by atoms with E-state index in [0.29, 0.717) is 0 Å². The van der Waals surface area contributed by atoms with E-state index in [4.69, 9.17) is 0 Å². The molecule has 0 amide bonds. The average Bonchev–Trinajstić information content (AvgIpc) is 1.85. The Morgan fingerprint density at radius 1 is 1.56 bits per heavy atom. The Hall–Kier alpha value is -0.300. The number of allylic oxidation sites excluding steroid dienone is 1. The maximum absolute atomic E-state index is 3.08. The van der Waals surface area contributed by atoms with E-state index in [9.17, 15) is 0 Å². The van der Waals surface area contributed by atoms with Crippen LogP contribution in [0.3, 0.4) is 0 Å². The zero-order chi connectivity index (χ0) is 7.11. The Bertz CT molecular complexity index is 84.6. The number of likely N-dealkylation sites (N-methyl/N-ethyl adjacent to an activating group) is 1. The zero-order valence-corrected chi connectivity index (χ0v) is 6.70. The molecule has 0 saturated heterocycles. The number of nitrogens with one attached hydrogen (secondary N) is 1.